The molecule has 1 N–H and O–H groups in total. The van der Waals surface area contributed by atoms with Gasteiger partial charge in [-0.2, -0.15) is 5.10 Å². The lowest BCUT2D eigenvalue weighted by Crippen LogP contribution is -2.23. The number of nitro groups is 1. The fourth-order valence-corrected chi connectivity index (χ4v) is 2.89. The molecule has 7 nitrogen and oxygen atoms in total. The molecule has 1 heterocycles. The monoisotopic (exact) mass is 295 g/mol. The van der Waals surface area contributed by atoms with E-state index in [1.54, 1.807) is 11.6 Å². The van der Waals surface area contributed by atoms with E-state index in [4.69, 9.17) is 0 Å². The molecule has 1 aliphatic carbocycles. The molecule has 0 bridgehead atoms. The first-order chi connectivity index (χ1) is 9.70. The molecular weight excluding hydrogens is 274 g/mol. The second-order valence-corrected chi connectivity index (χ2v) is 6.28. The molecule has 1 aromatic rings. The number of Topliss-reactive ketones (excluding diaryl/α,β-unsaturated/α-hetero) is 1. The van der Waals surface area contributed by atoms with Gasteiger partial charge in [0.2, 0.25) is 0 Å². The highest BCUT2D eigenvalue weighted by Crippen LogP contribution is 2.35. The maximum atomic E-state index is 11.4. The van der Waals surface area contributed by atoms with Gasteiger partial charge in [-0.1, -0.05) is 0 Å². The third-order valence-corrected chi connectivity index (χ3v) is 4.13. The summed E-state index contributed by atoms with van der Waals surface area (Å²) in [6.07, 6.45) is 4.51. The van der Waals surface area contributed by atoms with E-state index >= 15 is 0 Å². The van der Waals surface area contributed by atoms with Crippen LogP contribution >= 0.6 is 0 Å². The van der Waals surface area contributed by atoms with Crippen molar-refractivity contribution in [3.63, 3.8) is 0 Å². The molecule has 21 heavy (non-hydrogen) atoms. The molecule has 0 amide bonds. The van der Waals surface area contributed by atoms with E-state index in [1.165, 1.54) is 20.0 Å². The van der Waals surface area contributed by atoms with E-state index in [1.807, 2.05) is 0 Å². The summed E-state index contributed by atoms with van der Waals surface area (Å²) in [7, 11) is 0. The van der Waals surface area contributed by atoms with Crippen molar-refractivity contribution in [2.75, 3.05) is 0 Å². The molecule has 1 saturated carbocycles. The van der Waals surface area contributed by atoms with Gasteiger partial charge in [-0.15, -0.1) is 0 Å². The maximum Gasteiger partial charge on any atom is 0.313 e. The molecular formula is C14H21N3O4. The van der Waals surface area contributed by atoms with E-state index in [-0.39, 0.29) is 29.1 Å². The van der Waals surface area contributed by atoms with Crippen LogP contribution in [0, 0.1) is 16.0 Å². The van der Waals surface area contributed by atoms with Crippen molar-refractivity contribution in [2.45, 2.75) is 58.1 Å². The number of aromatic nitrogens is 2. The second-order valence-electron chi connectivity index (χ2n) is 6.28. The molecule has 1 aromatic heterocycles. The molecule has 0 radical (unpaired) electrons. The number of ketones is 1. The van der Waals surface area contributed by atoms with Crippen molar-refractivity contribution in [1.29, 1.82) is 0 Å². The third kappa shape index (κ3) is 3.29. The molecule has 7 heteroatoms. The van der Waals surface area contributed by atoms with Gasteiger partial charge in [-0.25, -0.2) is 0 Å². The Kier molecular flexibility index (Phi) is 4.13. The predicted octanol–water partition coefficient (Wildman–Crippen LogP) is 2.34. The van der Waals surface area contributed by atoms with E-state index in [9.17, 15) is 20.0 Å². The quantitative estimate of drug-likeness (QED) is 0.679. The van der Waals surface area contributed by atoms with Gasteiger partial charge in [0.25, 0.3) is 0 Å². The van der Waals surface area contributed by atoms with E-state index in [0.717, 1.165) is 25.7 Å². The molecule has 0 saturated heterocycles. The first kappa shape index (κ1) is 15.6. The van der Waals surface area contributed by atoms with Crippen LogP contribution in [0.4, 0.5) is 5.69 Å². The Bertz CT molecular complexity index is 551. The smallest absolute Gasteiger partial charge is 0.313 e. The molecule has 2 rings (SSSR count). The van der Waals surface area contributed by atoms with Gasteiger partial charge in [0.15, 0.2) is 5.69 Å². The number of carbonyl (C=O) groups excluding carboxylic acids is 1. The van der Waals surface area contributed by atoms with E-state index in [0.29, 0.717) is 0 Å². The van der Waals surface area contributed by atoms with E-state index < -0.39 is 10.5 Å². The lowest BCUT2D eigenvalue weighted by molar-refractivity contribution is -0.386. The normalized spacial score (nSPS) is 23.0. The fourth-order valence-electron chi connectivity index (χ4n) is 2.89. The second kappa shape index (κ2) is 5.55. The van der Waals surface area contributed by atoms with Gasteiger partial charge < -0.3 is 5.11 Å². The van der Waals surface area contributed by atoms with Crippen LogP contribution in [0.25, 0.3) is 0 Å². The van der Waals surface area contributed by atoms with Crippen LogP contribution in [-0.4, -0.2) is 25.6 Å². The minimum atomic E-state index is -1.36. The van der Waals surface area contributed by atoms with Gasteiger partial charge in [-0.3, -0.25) is 19.6 Å². The van der Waals surface area contributed by atoms with Gasteiger partial charge in [0.05, 0.1) is 11.0 Å². The average molecular weight is 295 g/mol. The summed E-state index contributed by atoms with van der Waals surface area (Å²) in [6, 6.07) is 0.0513. The van der Waals surface area contributed by atoms with Crippen LogP contribution < -0.4 is 0 Å². The molecule has 0 aliphatic heterocycles. The molecule has 1 fully saturated rings. The summed E-state index contributed by atoms with van der Waals surface area (Å²) in [6.45, 7) is 4.58. The van der Waals surface area contributed by atoms with Crippen molar-refractivity contribution < 1.29 is 14.8 Å². The Morgan fingerprint density at radius 3 is 2.38 bits per heavy atom. The lowest BCUT2D eigenvalue weighted by Gasteiger charge is -2.27. The zero-order valence-corrected chi connectivity index (χ0v) is 12.6. The average Bonchev–Trinajstić information content (AvgIpc) is 2.84. The molecule has 116 valence electrons. The first-order valence-corrected chi connectivity index (χ1v) is 7.17. The third-order valence-electron chi connectivity index (χ3n) is 4.13. The largest absolute Gasteiger partial charge is 0.384 e. The highest BCUT2D eigenvalue weighted by atomic mass is 16.6. The summed E-state index contributed by atoms with van der Waals surface area (Å²) in [5.74, 6) is 0.303. The van der Waals surface area contributed by atoms with E-state index in [2.05, 4.69) is 5.10 Å². The molecule has 1 aliphatic rings. The number of hydrogen-bond acceptors (Lipinski definition) is 5. The zero-order chi connectivity index (χ0) is 15.8. The highest BCUT2D eigenvalue weighted by Gasteiger charge is 2.34. The Balaban J connectivity index is 2.22. The molecule has 0 spiro atoms. The van der Waals surface area contributed by atoms with Crippen LogP contribution in [0.3, 0.4) is 0 Å². The minimum absolute atomic E-state index is 0.0513. The minimum Gasteiger partial charge on any atom is -0.384 e. The van der Waals surface area contributed by atoms with Gasteiger partial charge >= 0.3 is 5.69 Å². The maximum absolute atomic E-state index is 11.4. The van der Waals surface area contributed by atoms with Gasteiger partial charge in [0.1, 0.15) is 17.6 Å². The lowest BCUT2D eigenvalue weighted by atomic mass is 9.84. The number of aliphatic hydroxyl groups is 1. The van der Waals surface area contributed by atoms with Crippen molar-refractivity contribution >= 4 is 11.5 Å². The van der Waals surface area contributed by atoms with Crippen LogP contribution in [0.15, 0.2) is 6.20 Å². The summed E-state index contributed by atoms with van der Waals surface area (Å²) >= 11 is 0. The summed E-state index contributed by atoms with van der Waals surface area (Å²) < 4.78 is 1.59. The van der Waals surface area contributed by atoms with Crippen LogP contribution in [0.5, 0.6) is 0 Å². The summed E-state index contributed by atoms with van der Waals surface area (Å²) in [5.41, 5.74) is -1.43. The van der Waals surface area contributed by atoms with Gasteiger partial charge in [-0.05, 0) is 46.5 Å². The molecule has 0 aromatic carbocycles. The number of carbonyl (C=O) groups is 1. The predicted molar refractivity (Wildman–Crippen MR) is 75.8 cm³/mol. The van der Waals surface area contributed by atoms with Crippen LogP contribution in [-0.2, 0) is 10.4 Å². The Hall–Kier alpha value is -1.76. The number of nitrogens with zero attached hydrogens (tertiary/aromatic N) is 3. The van der Waals surface area contributed by atoms with Crippen molar-refractivity contribution in [3.8, 4) is 0 Å². The molecule has 0 unspecified atom stereocenters. The highest BCUT2D eigenvalue weighted by molar-refractivity contribution is 5.78. The summed E-state index contributed by atoms with van der Waals surface area (Å²) in [5, 5.41) is 25.4. The standard InChI is InChI=1S/C14H21N3O4/c1-9(18)10-4-6-11(7-5-10)16-8-12(17(20)21)13(15-16)14(2,3)19/h8,10-11,19H,4-7H2,1-3H3. The Labute approximate surface area is 123 Å². The van der Waals surface area contributed by atoms with Gasteiger partial charge in [0, 0.05) is 5.92 Å². The zero-order valence-electron chi connectivity index (χ0n) is 12.6. The van der Waals surface area contributed by atoms with Crippen molar-refractivity contribution in [1.82, 2.24) is 9.78 Å². The number of rotatable bonds is 4. The molecule has 0 atom stereocenters. The van der Waals surface area contributed by atoms with Crippen molar-refractivity contribution in [3.05, 3.63) is 22.0 Å². The van der Waals surface area contributed by atoms with Crippen molar-refractivity contribution in [2.24, 2.45) is 5.92 Å². The number of hydrogen-bond donors (Lipinski definition) is 1. The Morgan fingerprint density at radius 1 is 1.43 bits per heavy atom. The van der Waals surface area contributed by atoms with Crippen LogP contribution in [0.2, 0.25) is 0 Å². The summed E-state index contributed by atoms with van der Waals surface area (Å²) in [4.78, 5) is 22.0. The first-order valence-electron chi connectivity index (χ1n) is 7.17. The topological polar surface area (TPSA) is 98.3 Å². The fraction of sp³-hybridized carbons (Fsp3) is 0.714. The van der Waals surface area contributed by atoms with Crippen LogP contribution in [0.1, 0.15) is 58.2 Å². The SMILES string of the molecule is CC(=O)C1CCC(n2cc([N+](=O)[O-])c(C(C)(C)O)n2)CC1. The Morgan fingerprint density at radius 2 is 2.00 bits per heavy atom.